The number of sulfonamides is 1. The number of aryl methyl sites for hydroxylation is 1. The van der Waals surface area contributed by atoms with Gasteiger partial charge in [-0.15, -0.1) is 22.7 Å². The van der Waals surface area contributed by atoms with Gasteiger partial charge in [0, 0.05) is 16.3 Å². The van der Waals surface area contributed by atoms with Crippen molar-refractivity contribution in [1.29, 1.82) is 0 Å². The molecule has 3 aromatic rings. The maximum Gasteiger partial charge on any atom is 0.250 e. The van der Waals surface area contributed by atoms with Gasteiger partial charge in [-0.2, -0.15) is 0 Å². The molecule has 0 aliphatic rings. The third-order valence-corrected chi connectivity index (χ3v) is 7.03. The molecule has 8 heteroatoms. The Morgan fingerprint density at radius 1 is 1.17 bits per heavy atom. The van der Waals surface area contributed by atoms with Crippen molar-refractivity contribution < 1.29 is 17.6 Å². The predicted octanol–water partition coefficient (Wildman–Crippen LogP) is 3.42. The Labute approximate surface area is 141 Å². The maximum absolute atomic E-state index is 12.2. The van der Waals surface area contributed by atoms with Gasteiger partial charge >= 0.3 is 0 Å². The van der Waals surface area contributed by atoms with Crippen LogP contribution in [0.25, 0.3) is 0 Å². The summed E-state index contributed by atoms with van der Waals surface area (Å²) < 4.78 is 32.3. The lowest BCUT2D eigenvalue weighted by Gasteiger charge is -2.02. The van der Waals surface area contributed by atoms with Crippen LogP contribution in [0.1, 0.15) is 25.2 Å². The van der Waals surface area contributed by atoms with Gasteiger partial charge in [-0.05, 0) is 43.3 Å². The molecule has 0 unspecified atom stereocenters. The lowest BCUT2D eigenvalue weighted by atomic mass is 10.2. The van der Waals surface area contributed by atoms with Crippen molar-refractivity contribution in [2.45, 2.75) is 17.7 Å². The second kappa shape index (κ2) is 6.40. The zero-order valence-corrected chi connectivity index (χ0v) is 14.6. The van der Waals surface area contributed by atoms with E-state index in [1.165, 1.54) is 28.9 Å². The number of hydrogen-bond donors (Lipinski definition) is 1. The number of carbonyl (C=O) groups is 1. The summed E-state index contributed by atoms with van der Waals surface area (Å²) in [5.41, 5.74) is 0. The summed E-state index contributed by atoms with van der Waals surface area (Å²) in [5, 5.41) is 0. The molecule has 0 radical (unpaired) electrons. The summed E-state index contributed by atoms with van der Waals surface area (Å²) in [4.78, 5) is 14.3. The second-order valence-corrected chi connectivity index (χ2v) is 9.21. The van der Waals surface area contributed by atoms with Crippen LogP contribution < -0.4 is 4.72 Å². The number of hydrogen-bond acceptors (Lipinski definition) is 6. The minimum Gasteiger partial charge on any atom is -0.461 e. The van der Waals surface area contributed by atoms with Gasteiger partial charge in [0.2, 0.25) is 15.8 Å². The van der Waals surface area contributed by atoms with Gasteiger partial charge < -0.3 is 4.42 Å². The third-order valence-electron chi connectivity index (χ3n) is 3.05. The van der Waals surface area contributed by atoms with E-state index in [0.717, 1.165) is 9.75 Å². The van der Waals surface area contributed by atoms with E-state index < -0.39 is 10.0 Å². The maximum atomic E-state index is 12.2. The van der Waals surface area contributed by atoms with Gasteiger partial charge in [-0.25, -0.2) is 13.1 Å². The minimum absolute atomic E-state index is 0.148. The van der Waals surface area contributed by atoms with Crippen molar-refractivity contribution in [3.05, 3.63) is 63.1 Å². The van der Waals surface area contributed by atoms with Gasteiger partial charge in [0.1, 0.15) is 4.21 Å². The molecule has 3 rings (SSSR count). The molecular weight excluding hydrogens is 354 g/mol. The van der Waals surface area contributed by atoms with Crippen molar-refractivity contribution in [3.8, 4) is 0 Å². The van der Waals surface area contributed by atoms with Gasteiger partial charge in [0.15, 0.2) is 5.76 Å². The molecule has 0 spiro atoms. The van der Waals surface area contributed by atoms with Crippen molar-refractivity contribution in [2.24, 2.45) is 0 Å². The Kier molecular flexibility index (Phi) is 4.49. The van der Waals surface area contributed by atoms with E-state index in [-0.39, 0.29) is 18.1 Å². The fourth-order valence-corrected chi connectivity index (χ4v) is 5.24. The van der Waals surface area contributed by atoms with Crippen LogP contribution >= 0.6 is 22.7 Å². The Balaban J connectivity index is 1.69. The van der Waals surface area contributed by atoms with E-state index in [1.807, 2.05) is 6.92 Å². The summed E-state index contributed by atoms with van der Waals surface area (Å²) in [6.07, 6.45) is 1.44. The van der Waals surface area contributed by atoms with Crippen molar-refractivity contribution >= 4 is 38.5 Å². The number of thiophene rings is 2. The second-order valence-electron chi connectivity index (χ2n) is 4.76. The monoisotopic (exact) mass is 367 g/mol. The van der Waals surface area contributed by atoms with E-state index >= 15 is 0 Å². The number of rotatable bonds is 6. The van der Waals surface area contributed by atoms with E-state index in [4.69, 9.17) is 4.42 Å². The van der Waals surface area contributed by atoms with E-state index in [9.17, 15) is 13.2 Å². The van der Waals surface area contributed by atoms with Crippen LogP contribution in [0.2, 0.25) is 0 Å². The van der Waals surface area contributed by atoms with E-state index in [1.54, 1.807) is 36.4 Å². The van der Waals surface area contributed by atoms with Gasteiger partial charge in [-0.1, -0.05) is 0 Å². The van der Waals surface area contributed by atoms with Crippen LogP contribution in [-0.4, -0.2) is 14.2 Å². The Bertz CT molecular complexity index is 920. The summed E-state index contributed by atoms with van der Waals surface area (Å²) in [6, 6.07) is 10.0. The molecule has 0 amide bonds. The Hall–Kier alpha value is -1.74. The molecule has 3 heterocycles. The summed E-state index contributed by atoms with van der Waals surface area (Å²) in [7, 11) is -3.52. The molecule has 0 fully saturated rings. The smallest absolute Gasteiger partial charge is 0.250 e. The van der Waals surface area contributed by atoms with Crippen molar-refractivity contribution in [1.82, 2.24) is 4.72 Å². The standard InChI is InChI=1S/C15H13NO4S3/c1-10-4-7-14(21-10)23(18,19)16-9-11-5-6-13(22-11)15(17)12-3-2-8-20-12/h2-8,16H,9H2,1H3. The molecule has 120 valence electrons. The van der Waals surface area contributed by atoms with Gasteiger partial charge in [0.05, 0.1) is 11.1 Å². The molecule has 0 bridgehead atoms. The number of nitrogens with one attached hydrogen (secondary N) is 1. The number of ketones is 1. The normalized spacial score (nSPS) is 11.7. The highest BCUT2D eigenvalue weighted by atomic mass is 32.2. The molecule has 23 heavy (non-hydrogen) atoms. The van der Waals surface area contributed by atoms with Crippen LogP contribution in [0.5, 0.6) is 0 Å². The Morgan fingerprint density at radius 2 is 2.00 bits per heavy atom. The molecule has 0 aliphatic carbocycles. The number of carbonyl (C=O) groups excluding carboxylic acids is 1. The highest BCUT2D eigenvalue weighted by Gasteiger charge is 2.18. The first-order valence-electron chi connectivity index (χ1n) is 6.69. The topological polar surface area (TPSA) is 76.4 Å². The predicted molar refractivity (Wildman–Crippen MR) is 89.5 cm³/mol. The van der Waals surface area contributed by atoms with Crippen LogP contribution in [0.3, 0.4) is 0 Å². The number of furan rings is 1. The quantitative estimate of drug-likeness (QED) is 0.677. The molecule has 0 atom stereocenters. The average molecular weight is 367 g/mol. The molecule has 1 N–H and O–H groups in total. The highest BCUT2D eigenvalue weighted by Crippen LogP contribution is 2.23. The van der Waals surface area contributed by atoms with Crippen molar-refractivity contribution in [3.63, 3.8) is 0 Å². The molecule has 3 aromatic heterocycles. The summed E-state index contributed by atoms with van der Waals surface area (Å²) >= 11 is 2.47. The van der Waals surface area contributed by atoms with E-state index in [2.05, 4.69) is 4.72 Å². The first-order chi connectivity index (χ1) is 11.0. The van der Waals surface area contributed by atoms with Gasteiger partial charge in [0.25, 0.3) is 0 Å². The molecule has 5 nitrogen and oxygen atoms in total. The minimum atomic E-state index is -3.52. The van der Waals surface area contributed by atoms with E-state index in [0.29, 0.717) is 9.09 Å². The fourth-order valence-electron chi connectivity index (χ4n) is 1.92. The van der Waals surface area contributed by atoms with Gasteiger partial charge in [-0.3, -0.25) is 4.79 Å². The lowest BCUT2D eigenvalue weighted by molar-refractivity contribution is 0.101. The van der Waals surface area contributed by atoms with Crippen LogP contribution in [0.15, 0.2) is 51.3 Å². The van der Waals surface area contributed by atoms with Crippen LogP contribution in [0.4, 0.5) is 0 Å². The highest BCUT2D eigenvalue weighted by molar-refractivity contribution is 7.91. The summed E-state index contributed by atoms with van der Waals surface area (Å²) in [6.45, 7) is 2.00. The molecule has 0 aliphatic heterocycles. The third kappa shape index (κ3) is 3.61. The largest absolute Gasteiger partial charge is 0.461 e. The molecular formula is C15H13NO4S3. The first kappa shape index (κ1) is 16.1. The lowest BCUT2D eigenvalue weighted by Crippen LogP contribution is -2.21. The van der Waals surface area contributed by atoms with Crippen LogP contribution in [0, 0.1) is 6.92 Å². The molecule has 0 aromatic carbocycles. The fraction of sp³-hybridized carbons (Fsp3) is 0.133. The molecule has 0 saturated carbocycles. The van der Waals surface area contributed by atoms with Crippen molar-refractivity contribution in [2.75, 3.05) is 0 Å². The SMILES string of the molecule is Cc1ccc(S(=O)(=O)NCc2ccc(C(=O)c3ccco3)s2)s1. The zero-order valence-electron chi connectivity index (χ0n) is 12.1. The zero-order chi connectivity index (χ0) is 16.4. The average Bonchev–Trinajstić information content (AvgIpc) is 3.25. The van der Waals surface area contributed by atoms with Crippen LogP contribution in [-0.2, 0) is 16.6 Å². The Morgan fingerprint density at radius 3 is 2.65 bits per heavy atom. The molecule has 0 saturated heterocycles. The summed E-state index contributed by atoms with van der Waals surface area (Å²) in [5.74, 6) is 0.0658. The first-order valence-corrected chi connectivity index (χ1v) is 9.80.